The van der Waals surface area contributed by atoms with Gasteiger partial charge < -0.3 is 10.8 Å². The average molecular weight is 179 g/mol. The maximum Gasteiger partial charge on any atom is 0.336 e. The zero-order valence-electron chi connectivity index (χ0n) is 7.07. The van der Waals surface area contributed by atoms with Crippen molar-refractivity contribution in [3.8, 4) is 0 Å². The zero-order chi connectivity index (χ0) is 10.0. The molecule has 1 aromatic rings. The molecule has 0 aliphatic rings. The summed E-state index contributed by atoms with van der Waals surface area (Å²) in [5.41, 5.74) is 6.53. The van der Waals surface area contributed by atoms with Crippen molar-refractivity contribution < 1.29 is 14.7 Å². The number of hydrogen-bond donors (Lipinski definition) is 2. The largest absolute Gasteiger partial charge is 0.478 e. The molecule has 0 unspecified atom stereocenters. The summed E-state index contributed by atoms with van der Waals surface area (Å²) in [6.07, 6.45) is 0.595. The van der Waals surface area contributed by atoms with Gasteiger partial charge in [-0.25, -0.2) is 4.79 Å². The standard InChI is InChI=1S/C9H9NO3/c1-5-6(4-11)2-7(10)3-8(5)9(12)13/h2-4H,10H2,1H3,(H,12,13). The highest BCUT2D eigenvalue weighted by Gasteiger charge is 2.10. The lowest BCUT2D eigenvalue weighted by molar-refractivity contribution is 0.0696. The fraction of sp³-hybridized carbons (Fsp3) is 0.111. The molecule has 0 saturated heterocycles. The molecule has 68 valence electrons. The first kappa shape index (κ1) is 9.25. The number of nitrogen functional groups attached to an aromatic ring is 1. The van der Waals surface area contributed by atoms with E-state index in [0.717, 1.165) is 0 Å². The fourth-order valence-electron chi connectivity index (χ4n) is 1.10. The van der Waals surface area contributed by atoms with Crippen molar-refractivity contribution in [1.29, 1.82) is 0 Å². The average Bonchev–Trinajstić information content (AvgIpc) is 2.08. The van der Waals surface area contributed by atoms with Crippen LogP contribution >= 0.6 is 0 Å². The molecule has 0 heterocycles. The number of carboxylic acid groups (broad SMARTS) is 1. The van der Waals surface area contributed by atoms with E-state index in [9.17, 15) is 9.59 Å². The molecule has 0 atom stereocenters. The maximum atomic E-state index is 10.7. The van der Waals surface area contributed by atoms with Gasteiger partial charge in [-0.15, -0.1) is 0 Å². The van der Waals surface area contributed by atoms with Gasteiger partial charge in [0.15, 0.2) is 0 Å². The Morgan fingerprint density at radius 3 is 2.62 bits per heavy atom. The van der Waals surface area contributed by atoms with E-state index in [1.165, 1.54) is 12.1 Å². The van der Waals surface area contributed by atoms with Gasteiger partial charge in [0.25, 0.3) is 0 Å². The van der Waals surface area contributed by atoms with Crippen LogP contribution in [0.15, 0.2) is 12.1 Å². The first-order chi connectivity index (χ1) is 6.06. The highest BCUT2D eigenvalue weighted by atomic mass is 16.4. The van der Waals surface area contributed by atoms with Gasteiger partial charge in [-0.1, -0.05) is 0 Å². The number of nitrogens with two attached hydrogens (primary N) is 1. The molecule has 4 nitrogen and oxygen atoms in total. The first-order valence-corrected chi connectivity index (χ1v) is 3.65. The van der Waals surface area contributed by atoms with Crippen LogP contribution in [0.1, 0.15) is 26.3 Å². The molecular weight excluding hydrogens is 170 g/mol. The Balaban J connectivity index is 3.44. The smallest absolute Gasteiger partial charge is 0.336 e. The highest BCUT2D eigenvalue weighted by Crippen LogP contribution is 2.16. The summed E-state index contributed by atoms with van der Waals surface area (Å²) < 4.78 is 0. The van der Waals surface area contributed by atoms with E-state index in [4.69, 9.17) is 10.8 Å². The third-order valence-corrected chi connectivity index (χ3v) is 1.83. The van der Waals surface area contributed by atoms with Gasteiger partial charge in [0, 0.05) is 11.3 Å². The van der Waals surface area contributed by atoms with Gasteiger partial charge in [0.05, 0.1) is 5.56 Å². The van der Waals surface area contributed by atoms with Crippen LogP contribution in [-0.2, 0) is 0 Å². The Hall–Kier alpha value is -1.84. The van der Waals surface area contributed by atoms with E-state index < -0.39 is 5.97 Å². The monoisotopic (exact) mass is 179 g/mol. The van der Waals surface area contributed by atoms with Crippen molar-refractivity contribution in [2.45, 2.75) is 6.92 Å². The predicted octanol–water partition coefficient (Wildman–Crippen LogP) is 1.09. The van der Waals surface area contributed by atoms with Gasteiger partial charge in [0.2, 0.25) is 0 Å². The Labute approximate surface area is 75.0 Å². The Morgan fingerprint density at radius 2 is 2.15 bits per heavy atom. The zero-order valence-corrected chi connectivity index (χ0v) is 7.07. The Bertz CT molecular complexity index is 371. The first-order valence-electron chi connectivity index (χ1n) is 3.65. The molecule has 1 rings (SSSR count). The number of aromatic carboxylic acids is 1. The molecule has 3 N–H and O–H groups in total. The van der Waals surface area contributed by atoms with Gasteiger partial charge in [-0.2, -0.15) is 0 Å². The molecule has 0 bridgehead atoms. The molecular formula is C9H9NO3. The van der Waals surface area contributed by atoms with Crippen molar-refractivity contribution in [3.63, 3.8) is 0 Å². The predicted molar refractivity (Wildman–Crippen MR) is 47.9 cm³/mol. The van der Waals surface area contributed by atoms with E-state index in [1.807, 2.05) is 0 Å². The van der Waals surface area contributed by atoms with Crippen LogP contribution in [0.3, 0.4) is 0 Å². The van der Waals surface area contributed by atoms with E-state index in [1.54, 1.807) is 6.92 Å². The summed E-state index contributed by atoms with van der Waals surface area (Å²) in [6.45, 7) is 1.58. The van der Waals surface area contributed by atoms with Gasteiger partial charge in [-0.05, 0) is 24.6 Å². The van der Waals surface area contributed by atoms with Gasteiger partial charge in [0.1, 0.15) is 6.29 Å². The van der Waals surface area contributed by atoms with Crippen molar-refractivity contribution in [2.24, 2.45) is 0 Å². The van der Waals surface area contributed by atoms with Crippen molar-refractivity contribution in [2.75, 3.05) is 5.73 Å². The second-order valence-corrected chi connectivity index (χ2v) is 2.71. The number of carboxylic acids is 1. The van der Waals surface area contributed by atoms with E-state index in [0.29, 0.717) is 17.4 Å². The summed E-state index contributed by atoms with van der Waals surface area (Å²) >= 11 is 0. The molecule has 1 aromatic carbocycles. The number of rotatable bonds is 2. The normalized spacial score (nSPS) is 9.62. The molecule has 0 spiro atoms. The van der Waals surface area contributed by atoms with Crippen LogP contribution in [0.25, 0.3) is 0 Å². The minimum Gasteiger partial charge on any atom is -0.478 e. The van der Waals surface area contributed by atoms with Crippen molar-refractivity contribution in [3.05, 3.63) is 28.8 Å². The lowest BCUT2D eigenvalue weighted by Crippen LogP contribution is -2.04. The number of benzene rings is 1. The Kier molecular flexibility index (Phi) is 2.32. The van der Waals surface area contributed by atoms with Crippen LogP contribution in [0.5, 0.6) is 0 Å². The number of carbonyl (C=O) groups is 2. The molecule has 0 saturated carbocycles. The number of carbonyl (C=O) groups excluding carboxylic acids is 1. The lowest BCUT2D eigenvalue weighted by atomic mass is 10.0. The topological polar surface area (TPSA) is 80.4 Å². The third-order valence-electron chi connectivity index (χ3n) is 1.83. The second-order valence-electron chi connectivity index (χ2n) is 2.71. The SMILES string of the molecule is Cc1c(C=O)cc(N)cc1C(=O)O. The summed E-state index contributed by atoms with van der Waals surface area (Å²) in [6, 6.07) is 2.79. The highest BCUT2D eigenvalue weighted by molar-refractivity contribution is 5.94. The van der Waals surface area contributed by atoms with Crippen LogP contribution in [-0.4, -0.2) is 17.4 Å². The maximum absolute atomic E-state index is 10.7. The summed E-state index contributed by atoms with van der Waals surface area (Å²) in [5, 5.41) is 8.74. The van der Waals surface area contributed by atoms with E-state index in [2.05, 4.69) is 0 Å². The minimum absolute atomic E-state index is 0.0714. The number of hydrogen-bond acceptors (Lipinski definition) is 3. The molecule has 0 fully saturated rings. The van der Waals surface area contributed by atoms with Crippen LogP contribution in [0.4, 0.5) is 5.69 Å². The summed E-state index contributed by atoms with van der Waals surface area (Å²) in [7, 11) is 0. The van der Waals surface area contributed by atoms with Gasteiger partial charge in [-0.3, -0.25) is 4.79 Å². The van der Waals surface area contributed by atoms with E-state index >= 15 is 0 Å². The molecule has 13 heavy (non-hydrogen) atoms. The lowest BCUT2D eigenvalue weighted by Gasteiger charge is -2.04. The molecule has 0 aliphatic carbocycles. The van der Waals surface area contributed by atoms with Crippen molar-refractivity contribution >= 4 is 17.9 Å². The number of anilines is 1. The third kappa shape index (κ3) is 1.66. The fourth-order valence-corrected chi connectivity index (χ4v) is 1.10. The molecule has 4 heteroatoms. The van der Waals surface area contributed by atoms with Crippen molar-refractivity contribution in [1.82, 2.24) is 0 Å². The van der Waals surface area contributed by atoms with Crippen LogP contribution in [0, 0.1) is 6.92 Å². The second kappa shape index (κ2) is 3.26. The molecule has 0 amide bonds. The molecule has 0 aliphatic heterocycles. The summed E-state index contributed by atoms with van der Waals surface area (Å²) in [5.74, 6) is -1.08. The number of aldehydes is 1. The Morgan fingerprint density at radius 1 is 1.54 bits per heavy atom. The molecule has 0 radical (unpaired) electrons. The quantitative estimate of drug-likeness (QED) is 0.526. The molecule has 0 aromatic heterocycles. The minimum atomic E-state index is -1.08. The van der Waals surface area contributed by atoms with Crippen LogP contribution < -0.4 is 5.73 Å². The van der Waals surface area contributed by atoms with Gasteiger partial charge >= 0.3 is 5.97 Å². The summed E-state index contributed by atoms with van der Waals surface area (Å²) in [4.78, 5) is 21.2. The van der Waals surface area contributed by atoms with E-state index in [-0.39, 0.29) is 11.3 Å². The van der Waals surface area contributed by atoms with Crippen LogP contribution in [0.2, 0.25) is 0 Å².